The maximum absolute atomic E-state index is 10.4. The zero-order valence-electron chi connectivity index (χ0n) is 24.0. The SMILES string of the molecule is C=S(=C)(NC1CCC(CNC)(C2=CCC=CC=C2)CC1)N1CCN(CC)CC1.CCc1ccccc1C=O. The van der Waals surface area contributed by atoms with Gasteiger partial charge in [0.05, 0.1) is 0 Å². The summed E-state index contributed by atoms with van der Waals surface area (Å²) in [7, 11) is 0.693. The largest absolute Gasteiger partial charge is 0.319 e. The van der Waals surface area contributed by atoms with Gasteiger partial charge < -0.3 is 10.2 Å². The van der Waals surface area contributed by atoms with Gasteiger partial charge in [0, 0.05) is 49.7 Å². The van der Waals surface area contributed by atoms with Gasteiger partial charge in [0.15, 0.2) is 0 Å². The van der Waals surface area contributed by atoms with Crippen LogP contribution in [0.15, 0.2) is 60.2 Å². The van der Waals surface area contributed by atoms with E-state index in [9.17, 15) is 4.79 Å². The Balaban J connectivity index is 0.000000336. The van der Waals surface area contributed by atoms with Gasteiger partial charge in [-0.15, -0.1) is 9.58 Å². The maximum Gasteiger partial charge on any atom is 0.150 e. The fourth-order valence-corrected chi connectivity index (χ4v) is 7.79. The Morgan fingerprint density at radius 2 is 1.79 bits per heavy atom. The van der Waals surface area contributed by atoms with Crippen molar-refractivity contribution in [2.75, 3.05) is 46.3 Å². The number of rotatable bonds is 9. The topological polar surface area (TPSA) is 47.6 Å². The van der Waals surface area contributed by atoms with Crippen molar-refractivity contribution in [2.24, 2.45) is 5.41 Å². The van der Waals surface area contributed by atoms with E-state index in [4.69, 9.17) is 0 Å². The van der Waals surface area contributed by atoms with Crippen LogP contribution in [0.3, 0.4) is 0 Å². The highest BCUT2D eigenvalue weighted by Gasteiger charge is 2.37. The zero-order chi connectivity index (χ0) is 27.4. The van der Waals surface area contributed by atoms with E-state index in [1.54, 1.807) is 0 Å². The third-order valence-corrected chi connectivity index (χ3v) is 10.4. The summed E-state index contributed by atoms with van der Waals surface area (Å²) in [5.41, 5.74) is 3.72. The van der Waals surface area contributed by atoms with Crippen LogP contribution in [0.1, 0.15) is 61.9 Å². The molecule has 0 atom stereocenters. The van der Waals surface area contributed by atoms with E-state index in [-0.39, 0.29) is 5.41 Å². The lowest BCUT2D eigenvalue weighted by Gasteiger charge is -2.44. The second-order valence-electron chi connectivity index (χ2n) is 10.8. The minimum atomic E-state index is -1.39. The molecule has 1 saturated carbocycles. The number of aldehydes is 1. The van der Waals surface area contributed by atoms with Crippen LogP contribution in [0.25, 0.3) is 0 Å². The van der Waals surface area contributed by atoms with E-state index in [0.29, 0.717) is 6.04 Å². The van der Waals surface area contributed by atoms with E-state index in [1.807, 2.05) is 31.2 Å². The molecule has 0 amide bonds. The first-order valence-corrected chi connectivity index (χ1v) is 16.3. The Kier molecular flexibility index (Phi) is 12.1. The molecule has 6 heteroatoms. The molecule has 3 aliphatic rings. The number of carbonyl (C=O) groups excluding carboxylic acids is 1. The smallest absolute Gasteiger partial charge is 0.150 e. The number of nitrogens with one attached hydrogen (secondary N) is 2. The lowest BCUT2D eigenvalue weighted by Crippen LogP contribution is -2.48. The number of benzene rings is 1. The van der Waals surface area contributed by atoms with Crippen molar-refractivity contribution in [1.82, 2.24) is 19.2 Å². The number of nitrogens with zero attached hydrogens (tertiary/aromatic N) is 2. The summed E-state index contributed by atoms with van der Waals surface area (Å²) in [5, 5.41) is 3.47. The molecule has 210 valence electrons. The number of piperazine rings is 1. The van der Waals surface area contributed by atoms with Crippen molar-refractivity contribution < 1.29 is 4.79 Å². The molecule has 2 N–H and O–H groups in total. The molecule has 0 spiro atoms. The third kappa shape index (κ3) is 8.27. The first-order valence-electron chi connectivity index (χ1n) is 14.3. The average molecular weight is 539 g/mol. The van der Waals surface area contributed by atoms with Gasteiger partial charge >= 0.3 is 0 Å². The Labute approximate surface area is 232 Å². The molecule has 1 saturated heterocycles. The van der Waals surface area contributed by atoms with Crippen molar-refractivity contribution in [2.45, 2.75) is 58.4 Å². The van der Waals surface area contributed by atoms with E-state index in [2.05, 4.69) is 75.3 Å². The monoisotopic (exact) mass is 538 g/mol. The molecular weight excluding hydrogens is 488 g/mol. The van der Waals surface area contributed by atoms with E-state index in [1.165, 1.54) is 31.3 Å². The quantitative estimate of drug-likeness (QED) is 0.327. The highest BCUT2D eigenvalue weighted by Crippen LogP contribution is 2.44. The lowest BCUT2D eigenvalue weighted by molar-refractivity contribution is 0.112. The number of carbonyl (C=O) groups is 1. The number of allylic oxidation sites excluding steroid dienone is 5. The third-order valence-electron chi connectivity index (χ3n) is 8.29. The Bertz CT molecular complexity index is 1070. The Morgan fingerprint density at radius 1 is 1.08 bits per heavy atom. The number of aryl methyl sites for hydroxylation is 1. The van der Waals surface area contributed by atoms with Gasteiger partial charge in [0.25, 0.3) is 0 Å². The van der Waals surface area contributed by atoms with E-state index >= 15 is 0 Å². The zero-order valence-corrected chi connectivity index (χ0v) is 24.8. The molecular formula is C32H50N4OS. The summed E-state index contributed by atoms with van der Waals surface area (Å²) in [5.74, 6) is 9.08. The Hall–Kier alpha value is -1.96. The fourth-order valence-electron chi connectivity index (χ4n) is 5.92. The van der Waals surface area contributed by atoms with Crippen LogP contribution in [0.5, 0.6) is 0 Å². The van der Waals surface area contributed by atoms with Crippen LogP contribution in [-0.2, 0) is 6.42 Å². The lowest BCUT2D eigenvalue weighted by atomic mass is 9.67. The molecule has 1 aliphatic heterocycles. The van der Waals surface area contributed by atoms with Gasteiger partial charge in [-0.1, -0.05) is 80.2 Å². The van der Waals surface area contributed by atoms with Crippen LogP contribution in [-0.4, -0.2) is 79.6 Å². The summed E-state index contributed by atoms with van der Waals surface area (Å²) < 4.78 is 6.40. The summed E-state index contributed by atoms with van der Waals surface area (Å²) in [6.45, 7) is 11.0. The van der Waals surface area contributed by atoms with Crippen LogP contribution in [0.4, 0.5) is 0 Å². The normalized spacial score (nSPS) is 24.7. The van der Waals surface area contributed by atoms with Crippen molar-refractivity contribution in [1.29, 1.82) is 0 Å². The van der Waals surface area contributed by atoms with Crippen LogP contribution in [0, 0.1) is 5.41 Å². The van der Waals surface area contributed by atoms with Gasteiger partial charge in [-0.3, -0.25) is 9.52 Å². The molecule has 1 heterocycles. The Morgan fingerprint density at radius 3 is 2.39 bits per heavy atom. The number of hydrogen-bond donors (Lipinski definition) is 2. The first kappa shape index (κ1) is 30.6. The fraction of sp³-hybridized carbons (Fsp3) is 0.531. The van der Waals surface area contributed by atoms with Crippen LogP contribution in [0.2, 0.25) is 0 Å². The molecule has 38 heavy (non-hydrogen) atoms. The summed E-state index contributed by atoms with van der Waals surface area (Å²) in [4.78, 5) is 12.9. The average Bonchev–Trinajstić information content (AvgIpc) is 3.25. The predicted octanol–water partition coefficient (Wildman–Crippen LogP) is 5.36. The van der Waals surface area contributed by atoms with Crippen LogP contribution < -0.4 is 10.0 Å². The second kappa shape index (κ2) is 15.0. The summed E-state index contributed by atoms with van der Waals surface area (Å²) in [6, 6.07) is 8.18. The van der Waals surface area contributed by atoms with Crippen LogP contribution >= 0.6 is 9.58 Å². The second-order valence-corrected chi connectivity index (χ2v) is 13.2. The molecule has 5 nitrogen and oxygen atoms in total. The highest BCUT2D eigenvalue weighted by molar-refractivity contribution is 8.24. The molecule has 2 aliphatic carbocycles. The molecule has 1 aromatic rings. The van der Waals surface area contributed by atoms with E-state index < -0.39 is 9.58 Å². The minimum absolute atomic E-state index is 0.266. The van der Waals surface area contributed by atoms with Crippen molar-refractivity contribution in [3.8, 4) is 0 Å². The number of likely N-dealkylation sites (N-methyl/N-ethyl adjacent to an activating group) is 1. The molecule has 2 fully saturated rings. The van der Waals surface area contributed by atoms with Gasteiger partial charge in [-0.05, 0) is 63.3 Å². The van der Waals surface area contributed by atoms with Gasteiger partial charge in [-0.2, -0.15) is 0 Å². The maximum atomic E-state index is 10.4. The molecule has 0 unspecified atom stereocenters. The molecule has 1 aromatic carbocycles. The highest BCUT2D eigenvalue weighted by atomic mass is 32.2. The molecule has 0 aromatic heterocycles. The predicted molar refractivity (Wildman–Crippen MR) is 169 cm³/mol. The molecule has 0 radical (unpaired) electrons. The van der Waals surface area contributed by atoms with Crippen molar-refractivity contribution in [3.63, 3.8) is 0 Å². The summed E-state index contributed by atoms with van der Waals surface area (Å²) in [6.07, 6.45) is 19.1. The molecule has 4 rings (SSSR count). The van der Waals surface area contributed by atoms with Gasteiger partial charge in [-0.25, -0.2) is 4.31 Å². The van der Waals surface area contributed by atoms with E-state index in [0.717, 1.165) is 69.5 Å². The van der Waals surface area contributed by atoms with Crippen molar-refractivity contribution in [3.05, 3.63) is 71.3 Å². The number of hydrogen-bond acceptors (Lipinski definition) is 5. The van der Waals surface area contributed by atoms with Gasteiger partial charge in [0.1, 0.15) is 6.29 Å². The minimum Gasteiger partial charge on any atom is -0.319 e. The standard InChI is InChI=1S/C23H40N4S.C9H10O/c1-5-26-16-18-27(19-17-26)28(3,4)25-22-12-14-23(15-13-22,20-24-2)21-10-8-6-7-9-11-21;1-2-8-5-3-4-6-9(8)7-10/h6-8,10-11,22,24-25H,3-5,9,12-20H2,1-2H3;3-7H,2H2,1H3. The summed E-state index contributed by atoms with van der Waals surface area (Å²) >= 11 is 0. The van der Waals surface area contributed by atoms with Gasteiger partial charge in [0.2, 0.25) is 0 Å². The molecule has 0 bridgehead atoms. The first-order chi connectivity index (χ1) is 18.4. The van der Waals surface area contributed by atoms with Crippen molar-refractivity contribution >= 4 is 27.6 Å².